The molecule has 0 amide bonds. The molecule has 2 unspecified atom stereocenters. The molecule has 0 spiro atoms. The number of fused-ring (bicyclic) bond motifs is 2. The van der Waals surface area contributed by atoms with Crippen molar-refractivity contribution in [1.29, 1.82) is 0 Å². The third kappa shape index (κ3) is 49.5. The number of ether oxygens (including phenoxy) is 22. The fourth-order valence-corrected chi connectivity index (χ4v) is 12.8. The first-order valence-corrected chi connectivity index (χ1v) is 42.8. The number of nitrogens with one attached hydrogen (secondary N) is 1. The number of aliphatic carboxylic acids is 1. The number of anilines is 1. The largest absolute Gasteiger partial charge is 0.744 e. The Morgan fingerprint density at radius 2 is 0.776 bits per heavy atom. The number of hydrogen-bond acceptors (Lipinski definition) is 27. The number of rotatable bonds is 80. The lowest BCUT2D eigenvalue weighted by atomic mass is 9.76. The number of allylic oxidation sites excluding steroid dienone is 6. The smallest absolute Gasteiger partial charge is 0.303 e. The van der Waals surface area contributed by atoms with E-state index in [9.17, 15) is 22.9 Å². The molecular formula is C85H150N3O27S+. The second-order valence-corrected chi connectivity index (χ2v) is 28.5. The van der Waals surface area contributed by atoms with Gasteiger partial charge in [0.2, 0.25) is 5.69 Å². The van der Waals surface area contributed by atoms with Crippen LogP contribution in [0.2, 0.25) is 0 Å². The Morgan fingerprint density at radius 1 is 0.440 bits per heavy atom. The van der Waals surface area contributed by atoms with Gasteiger partial charge in [0.15, 0.2) is 5.71 Å². The van der Waals surface area contributed by atoms with Gasteiger partial charge in [-0.1, -0.05) is 37.3 Å². The average Bonchev–Trinajstić information content (AvgIpc) is 1.59. The van der Waals surface area contributed by atoms with Gasteiger partial charge in [-0.3, -0.25) is 4.79 Å². The maximum atomic E-state index is 12.4. The first-order valence-electron chi connectivity index (χ1n) is 41.4. The second kappa shape index (κ2) is 72.2. The predicted octanol–water partition coefficient (Wildman–Crippen LogP) is 7.67. The molecule has 31 heteroatoms. The molecular weight excluding hydrogens is 1530 g/mol. The minimum atomic E-state index is -4.74. The Balaban J connectivity index is 0.00000543. The van der Waals surface area contributed by atoms with Crippen molar-refractivity contribution < 1.29 is 137 Å². The summed E-state index contributed by atoms with van der Waals surface area (Å²) in [7, 11) is -1.46. The van der Waals surface area contributed by atoms with Crippen molar-refractivity contribution in [2.45, 2.75) is 110 Å². The summed E-state index contributed by atoms with van der Waals surface area (Å²) in [5.41, 5.74) is 5.90. The van der Waals surface area contributed by atoms with Crippen molar-refractivity contribution in [2.75, 3.05) is 329 Å². The van der Waals surface area contributed by atoms with Crippen LogP contribution < -0.4 is 9.80 Å². The van der Waals surface area contributed by atoms with Gasteiger partial charge < -0.3 is 124 Å². The van der Waals surface area contributed by atoms with Crippen molar-refractivity contribution in [2.24, 2.45) is 0 Å². The predicted molar refractivity (Wildman–Crippen MR) is 444 cm³/mol. The number of quaternary nitrogens is 1. The van der Waals surface area contributed by atoms with Gasteiger partial charge in [0, 0.05) is 81.3 Å². The van der Waals surface area contributed by atoms with E-state index in [0.29, 0.717) is 310 Å². The molecule has 0 aliphatic carbocycles. The Labute approximate surface area is 695 Å². The summed E-state index contributed by atoms with van der Waals surface area (Å²) in [5.74, 6) is -0.797. The average molecular weight is 1680 g/mol. The van der Waals surface area contributed by atoms with Crippen LogP contribution in [0.5, 0.6) is 0 Å². The number of carboxylic acid groups (broad SMARTS) is 1. The van der Waals surface area contributed by atoms with E-state index in [-0.39, 0.29) is 18.7 Å². The van der Waals surface area contributed by atoms with Crippen LogP contribution >= 0.6 is 0 Å². The molecule has 2 heterocycles. The quantitative estimate of drug-likeness (QED) is 0.0278. The number of methoxy groups -OCH3 is 2. The van der Waals surface area contributed by atoms with E-state index in [1.165, 1.54) is 37.3 Å². The van der Waals surface area contributed by atoms with Crippen LogP contribution in [0.25, 0.3) is 0 Å². The van der Waals surface area contributed by atoms with E-state index in [2.05, 4.69) is 81.4 Å². The van der Waals surface area contributed by atoms with E-state index >= 15 is 0 Å². The summed E-state index contributed by atoms with van der Waals surface area (Å²) in [5, 5.41) is 9.37. The Bertz CT molecular complexity index is 2940. The zero-order valence-electron chi connectivity index (χ0n) is 71.2. The molecule has 30 nitrogen and oxygen atoms in total. The van der Waals surface area contributed by atoms with Crippen molar-refractivity contribution in [3.63, 3.8) is 0 Å². The lowest BCUT2D eigenvalue weighted by Gasteiger charge is -2.30. The SMILES string of the molecule is C.CCN1C(=CC=CC=CC2=[N+](CCCCCC(=O)O)c3ccc(C)cc3C2(C)CCOCCOCCOCCOCCOCCOCCOCCOCCOCCOCCOC)C(C)(CCOCCOCCOCCOCCOCCOCCOCCOCCOCCOCCOC)c2cc(S(=O)(=O)[O-])ccc21.CC[NH+](CC)CC. The molecule has 4 rings (SSSR count). The Kier molecular flexibility index (Phi) is 67.1. The zero-order chi connectivity index (χ0) is 83.2. The number of likely N-dealkylation sites (N-methyl/N-ethyl adjacent to an activating group) is 1. The maximum Gasteiger partial charge on any atom is 0.303 e. The minimum Gasteiger partial charge on any atom is -0.744 e. The van der Waals surface area contributed by atoms with Gasteiger partial charge in [-0.2, -0.15) is 4.58 Å². The number of benzene rings is 2. The molecule has 2 aromatic carbocycles. The van der Waals surface area contributed by atoms with Crippen LogP contribution in [0.15, 0.2) is 77.4 Å². The van der Waals surface area contributed by atoms with Crippen molar-refractivity contribution in [3.8, 4) is 0 Å². The van der Waals surface area contributed by atoms with E-state index in [1.54, 1.807) is 25.2 Å². The van der Waals surface area contributed by atoms with Crippen LogP contribution in [0.4, 0.5) is 11.4 Å². The van der Waals surface area contributed by atoms with Gasteiger partial charge in [-0.15, -0.1) is 0 Å². The van der Waals surface area contributed by atoms with E-state index in [4.69, 9.17) is 104 Å². The molecule has 672 valence electrons. The summed E-state index contributed by atoms with van der Waals surface area (Å²) >= 11 is 0. The highest BCUT2D eigenvalue weighted by molar-refractivity contribution is 7.85. The van der Waals surface area contributed by atoms with E-state index < -0.39 is 26.9 Å². The van der Waals surface area contributed by atoms with Gasteiger partial charge in [0.1, 0.15) is 16.7 Å². The van der Waals surface area contributed by atoms with Crippen LogP contribution in [0, 0.1) is 6.92 Å². The summed E-state index contributed by atoms with van der Waals surface area (Å²) in [6.45, 7) is 39.7. The first-order chi connectivity index (χ1) is 56.2. The molecule has 2 aliphatic heterocycles. The van der Waals surface area contributed by atoms with Gasteiger partial charge >= 0.3 is 5.97 Å². The number of carbonyl (C=O) groups is 1. The highest BCUT2D eigenvalue weighted by Crippen LogP contribution is 2.51. The standard InChI is InChI=1S/C78H130N2O27S.C6H15N.CH4/c1-7-79-72-20-18-69(108(83,84)85)67-71(72)78(4,22-25-89-31-33-93-39-41-97-47-49-101-55-57-105-63-65-107-61-59-103-53-51-99-45-43-95-37-35-91-29-27-87-6)74(79)14-10-8-11-15-75-77(3,70-66-68(2)17-19-73(70)80(75)23-13-9-12-16-76(81)82)21-24-88-30-32-92-38-40-96-46-48-100-54-56-104-62-64-106-60-58-102-52-50-98-44-42-94-36-34-90-28-26-86-5;1-4-7(5-2)6-3;/h8,10-11,14-15,17-20,66-67H,7,9,12-13,16,21-65H2,1-6H3,(H-,81,82,83,84,85);4-6H2,1-3H3;1H4/p+1. The third-order valence-corrected chi connectivity index (χ3v) is 19.6. The Morgan fingerprint density at radius 3 is 1.09 bits per heavy atom. The number of aryl methyl sites for hydroxylation is 1. The Hall–Kier alpha value is -4.41. The second-order valence-electron chi connectivity index (χ2n) is 27.1. The highest BCUT2D eigenvalue weighted by atomic mass is 32.2. The monoisotopic (exact) mass is 1680 g/mol. The summed E-state index contributed by atoms with van der Waals surface area (Å²) < 4.78 is 162. The van der Waals surface area contributed by atoms with Gasteiger partial charge in [0.05, 0.1) is 294 Å². The normalized spacial score (nSPS) is 15.8. The molecule has 2 aromatic rings. The molecule has 2 N–H and O–H groups in total. The molecule has 0 fully saturated rings. The number of hydrogen-bond donors (Lipinski definition) is 2. The minimum absolute atomic E-state index is 0. The van der Waals surface area contributed by atoms with Crippen LogP contribution in [0.3, 0.4) is 0 Å². The number of carboxylic acids is 1. The van der Waals surface area contributed by atoms with E-state index in [0.717, 1.165) is 46.8 Å². The lowest BCUT2D eigenvalue weighted by molar-refractivity contribution is -0.894. The number of nitrogens with zero attached hydrogens (tertiary/aromatic N) is 2. The first kappa shape index (κ1) is 108. The topological polar surface area (TPSA) is 308 Å². The zero-order valence-corrected chi connectivity index (χ0v) is 72.0. The fourth-order valence-electron chi connectivity index (χ4n) is 12.3. The highest BCUT2D eigenvalue weighted by Gasteiger charge is 2.48. The van der Waals surface area contributed by atoms with Gasteiger partial charge in [-0.25, -0.2) is 8.42 Å². The molecule has 0 aromatic heterocycles. The fraction of sp³-hybridized carbons (Fsp3) is 0.765. The number of unbranched alkanes of at least 4 members (excludes halogenated alkanes) is 2. The molecule has 0 saturated heterocycles. The third-order valence-electron chi connectivity index (χ3n) is 18.8. The summed E-state index contributed by atoms with van der Waals surface area (Å²) in [6, 6.07) is 11.2. The van der Waals surface area contributed by atoms with Crippen LogP contribution in [0.1, 0.15) is 104 Å². The van der Waals surface area contributed by atoms with Crippen molar-refractivity contribution >= 4 is 33.2 Å². The summed E-state index contributed by atoms with van der Waals surface area (Å²) in [4.78, 5) is 15.0. The van der Waals surface area contributed by atoms with Gasteiger partial charge in [-0.05, 0) is 110 Å². The maximum absolute atomic E-state index is 12.4. The van der Waals surface area contributed by atoms with Crippen molar-refractivity contribution in [1.82, 2.24) is 0 Å². The van der Waals surface area contributed by atoms with Crippen molar-refractivity contribution in [3.05, 3.63) is 89.2 Å². The molecule has 0 bridgehead atoms. The molecule has 2 atom stereocenters. The van der Waals surface area contributed by atoms with Crippen LogP contribution in [-0.2, 0) is 130 Å². The van der Waals surface area contributed by atoms with Crippen LogP contribution in [-0.4, -0.2) is 359 Å². The summed E-state index contributed by atoms with van der Waals surface area (Å²) in [6.07, 6.45) is 13.7. The molecule has 0 saturated carbocycles. The lowest BCUT2D eigenvalue weighted by Crippen LogP contribution is -3.11. The molecule has 2 aliphatic rings. The van der Waals surface area contributed by atoms with Gasteiger partial charge in [0.25, 0.3) is 0 Å². The molecule has 116 heavy (non-hydrogen) atoms. The molecule has 0 radical (unpaired) electrons. The van der Waals surface area contributed by atoms with E-state index in [1.807, 2.05) is 25.2 Å².